The van der Waals surface area contributed by atoms with E-state index in [-0.39, 0.29) is 5.75 Å². The first kappa shape index (κ1) is 14.7. The highest BCUT2D eigenvalue weighted by atomic mass is 127. The van der Waals surface area contributed by atoms with Gasteiger partial charge in [0, 0.05) is 28.6 Å². The van der Waals surface area contributed by atoms with Crippen LogP contribution in [-0.2, 0) is 16.4 Å². The minimum absolute atomic E-state index is 0.183. The summed E-state index contributed by atoms with van der Waals surface area (Å²) >= 11 is 2.22. The van der Waals surface area contributed by atoms with Crippen molar-refractivity contribution in [3.05, 3.63) is 27.3 Å². The van der Waals surface area contributed by atoms with Gasteiger partial charge in [0.15, 0.2) is 0 Å². The van der Waals surface area contributed by atoms with Crippen molar-refractivity contribution in [3.63, 3.8) is 0 Å². The summed E-state index contributed by atoms with van der Waals surface area (Å²) in [6.07, 6.45) is 1.25. The average Bonchev–Trinajstić information content (AvgIpc) is 2.11. The fourth-order valence-corrected chi connectivity index (χ4v) is 2.88. The number of anilines is 1. The molecule has 1 aromatic rings. The first-order valence-corrected chi connectivity index (χ1v) is 8.31. The number of halogens is 1. The van der Waals surface area contributed by atoms with E-state index in [0.29, 0.717) is 13.1 Å². The summed E-state index contributed by atoms with van der Waals surface area (Å²) in [5.74, 6) is 0.183. The number of nitrogens with zero attached hydrogens (tertiary/aromatic N) is 1. The van der Waals surface area contributed by atoms with Gasteiger partial charge in [-0.15, -0.1) is 0 Å². The summed E-state index contributed by atoms with van der Waals surface area (Å²) in [5.41, 5.74) is 7.60. The molecule has 2 N–H and O–H groups in total. The van der Waals surface area contributed by atoms with E-state index in [1.54, 1.807) is 0 Å². The van der Waals surface area contributed by atoms with Crippen molar-refractivity contribution < 1.29 is 8.42 Å². The number of hydrogen-bond acceptors (Lipinski definition) is 4. The third kappa shape index (κ3) is 6.23. The van der Waals surface area contributed by atoms with Gasteiger partial charge in [-0.25, -0.2) is 8.42 Å². The van der Waals surface area contributed by atoms with Crippen molar-refractivity contribution in [2.75, 3.05) is 31.3 Å². The Balaban J connectivity index is 2.59. The molecule has 0 bridgehead atoms. The third-order valence-electron chi connectivity index (χ3n) is 2.28. The molecule has 0 heterocycles. The molecule has 6 heteroatoms. The number of hydrogen-bond donors (Lipinski definition) is 1. The first-order valence-electron chi connectivity index (χ1n) is 5.17. The lowest BCUT2D eigenvalue weighted by atomic mass is 10.2. The third-order valence-corrected chi connectivity index (χ3v) is 3.82. The molecule has 4 nitrogen and oxygen atoms in total. The highest BCUT2D eigenvalue weighted by Gasteiger charge is 2.06. The van der Waals surface area contributed by atoms with Crippen molar-refractivity contribution in [2.45, 2.75) is 6.54 Å². The maximum Gasteiger partial charge on any atom is 0.148 e. The summed E-state index contributed by atoms with van der Waals surface area (Å²) < 4.78 is 23.2. The average molecular weight is 368 g/mol. The molecule has 96 valence electrons. The van der Waals surface area contributed by atoms with Crippen LogP contribution in [0.4, 0.5) is 5.69 Å². The van der Waals surface area contributed by atoms with E-state index in [9.17, 15) is 8.42 Å². The van der Waals surface area contributed by atoms with Gasteiger partial charge in [-0.1, -0.05) is 0 Å². The molecule has 0 radical (unpaired) electrons. The van der Waals surface area contributed by atoms with E-state index in [1.807, 2.05) is 30.1 Å². The molecule has 0 aliphatic rings. The lowest BCUT2D eigenvalue weighted by Crippen LogP contribution is -2.24. The van der Waals surface area contributed by atoms with Crippen molar-refractivity contribution in [1.29, 1.82) is 0 Å². The highest BCUT2D eigenvalue weighted by Crippen LogP contribution is 2.15. The Labute approximate surface area is 116 Å². The second-order valence-corrected chi connectivity index (χ2v) is 7.77. The number of benzene rings is 1. The molecule has 0 aliphatic carbocycles. The molecule has 0 aromatic heterocycles. The van der Waals surface area contributed by atoms with Gasteiger partial charge in [-0.3, -0.25) is 0 Å². The number of rotatable bonds is 5. The second kappa shape index (κ2) is 6.01. The van der Waals surface area contributed by atoms with Gasteiger partial charge in [-0.2, -0.15) is 0 Å². The summed E-state index contributed by atoms with van der Waals surface area (Å²) in [7, 11) is -0.992. The number of sulfone groups is 1. The molecule has 0 saturated heterocycles. The van der Waals surface area contributed by atoms with Gasteiger partial charge in [-0.05, 0) is 53.4 Å². The predicted molar refractivity (Wildman–Crippen MR) is 79.6 cm³/mol. The van der Waals surface area contributed by atoms with Crippen LogP contribution >= 0.6 is 22.6 Å². The second-order valence-electron chi connectivity index (χ2n) is 4.26. The van der Waals surface area contributed by atoms with Gasteiger partial charge in [0.2, 0.25) is 0 Å². The van der Waals surface area contributed by atoms with Crippen LogP contribution in [0.1, 0.15) is 5.56 Å². The molecule has 0 spiro atoms. The van der Waals surface area contributed by atoms with E-state index in [1.165, 1.54) is 6.26 Å². The van der Waals surface area contributed by atoms with E-state index in [2.05, 4.69) is 22.6 Å². The van der Waals surface area contributed by atoms with Crippen LogP contribution in [0.5, 0.6) is 0 Å². The monoisotopic (exact) mass is 368 g/mol. The largest absolute Gasteiger partial charge is 0.399 e. The topological polar surface area (TPSA) is 63.4 Å². The number of nitrogen functional groups attached to an aromatic ring is 1. The smallest absolute Gasteiger partial charge is 0.148 e. The van der Waals surface area contributed by atoms with E-state index >= 15 is 0 Å². The van der Waals surface area contributed by atoms with Crippen LogP contribution < -0.4 is 5.73 Å². The normalized spacial score (nSPS) is 12.0. The lowest BCUT2D eigenvalue weighted by molar-refractivity contribution is 0.346. The van der Waals surface area contributed by atoms with Crippen LogP contribution in [0, 0.1) is 3.57 Å². The van der Waals surface area contributed by atoms with E-state index in [4.69, 9.17) is 5.73 Å². The Bertz CT molecular complexity index is 468. The standard InChI is InChI=1S/C11H17IN2O2S/c1-14(3-4-17(2,15)16)8-9-5-10(12)7-11(13)6-9/h5-7H,3-4,8,13H2,1-2H3. The molecule has 0 saturated carbocycles. The van der Waals surface area contributed by atoms with Crippen LogP contribution in [0.25, 0.3) is 0 Å². The summed E-state index contributed by atoms with van der Waals surface area (Å²) in [4.78, 5) is 1.98. The van der Waals surface area contributed by atoms with Crippen molar-refractivity contribution in [2.24, 2.45) is 0 Å². The zero-order chi connectivity index (χ0) is 13.1. The molecule has 0 atom stereocenters. The maximum absolute atomic E-state index is 11.0. The van der Waals surface area contributed by atoms with Crippen LogP contribution in [0.2, 0.25) is 0 Å². The highest BCUT2D eigenvalue weighted by molar-refractivity contribution is 14.1. The van der Waals surface area contributed by atoms with E-state index in [0.717, 1.165) is 14.8 Å². The quantitative estimate of drug-likeness (QED) is 0.630. The van der Waals surface area contributed by atoms with E-state index < -0.39 is 9.84 Å². The minimum atomic E-state index is -2.90. The van der Waals surface area contributed by atoms with Crippen molar-refractivity contribution in [1.82, 2.24) is 4.90 Å². The van der Waals surface area contributed by atoms with Gasteiger partial charge in [0.05, 0.1) is 5.75 Å². The van der Waals surface area contributed by atoms with Gasteiger partial charge in [0.25, 0.3) is 0 Å². The van der Waals surface area contributed by atoms with Gasteiger partial charge >= 0.3 is 0 Å². The SMILES string of the molecule is CN(CCS(C)(=O)=O)Cc1cc(N)cc(I)c1. The van der Waals surface area contributed by atoms with Crippen LogP contribution in [0.15, 0.2) is 18.2 Å². The first-order chi connectivity index (χ1) is 7.76. The lowest BCUT2D eigenvalue weighted by Gasteiger charge is -2.16. The number of nitrogens with two attached hydrogens (primary N) is 1. The fraction of sp³-hybridized carbons (Fsp3) is 0.455. The summed E-state index contributed by atoms with van der Waals surface area (Å²) in [6.45, 7) is 1.24. The van der Waals surface area contributed by atoms with Gasteiger partial charge < -0.3 is 10.6 Å². The predicted octanol–water partition coefficient (Wildman–Crippen LogP) is 1.35. The Morgan fingerprint density at radius 3 is 2.53 bits per heavy atom. The molecule has 17 heavy (non-hydrogen) atoms. The van der Waals surface area contributed by atoms with Crippen LogP contribution in [0.3, 0.4) is 0 Å². The summed E-state index contributed by atoms with van der Waals surface area (Å²) in [6, 6.07) is 5.87. The Morgan fingerprint density at radius 2 is 2.00 bits per heavy atom. The summed E-state index contributed by atoms with van der Waals surface area (Å²) in [5, 5.41) is 0. The molecule has 0 aliphatic heterocycles. The Hall–Kier alpha value is -0.340. The minimum Gasteiger partial charge on any atom is -0.399 e. The fourth-order valence-electron chi connectivity index (χ4n) is 1.48. The Kier molecular flexibility index (Phi) is 5.21. The molecule has 0 fully saturated rings. The van der Waals surface area contributed by atoms with Gasteiger partial charge in [0.1, 0.15) is 9.84 Å². The molecular weight excluding hydrogens is 351 g/mol. The molecule has 1 aromatic carbocycles. The molecule has 0 amide bonds. The maximum atomic E-state index is 11.0. The Morgan fingerprint density at radius 1 is 1.35 bits per heavy atom. The molecular formula is C11H17IN2O2S. The zero-order valence-electron chi connectivity index (χ0n) is 9.98. The molecule has 1 rings (SSSR count). The molecule has 0 unspecified atom stereocenters. The zero-order valence-corrected chi connectivity index (χ0v) is 13.0. The van der Waals surface area contributed by atoms with Crippen molar-refractivity contribution in [3.8, 4) is 0 Å². The van der Waals surface area contributed by atoms with Crippen molar-refractivity contribution >= 4 is 38.1 Å². The van der Waals surface area contributed by atoms with Crippen LogP contribution in [-0.4, -0.2) is 38.9 Å².